The first kappa shape index (κ1) is 18.2. The van der Waals surface area contributed by atoms with E-state index in [-0.39, 0.29) is 17.9 Å². The van der Waals surface area contributed by atoms with E-state index < -0.39 is 0 Å². The van der Waals surface area contributed by atoms with Crippen LogP contribution in [0.1, 0.15) is 25.1 Å². The van der Waals surface area contributed by atoms with E-state index in [1.165, 1.54) is 5.56 Å². The van der Waals surface area contributed by atoms with E-state index in [0.29, 0.717) is 13.2 Å². The fraction of sp³-hybridized carbons (Fsp3) is 0.632. The number of nitrogens with one attached hydrogen (secondary N) is 2. The zero-order valence-electron chi connectivity index (χ0n) is 16.1. The third kappa shape index (κ3) is 3.77. The summed E-state index contributed by atoms with van der Waals surface area (Å²) in [5.74, 6) is 1.23. The highest BCUT2D eigenvalue weighted by atomic mass is 16.5. The molecule has 0 aromatic carbocycles. The predicted molar refractivity (Wildman–Crippen MR) is 103 cm³/mol. The SMILES string of the molecule is CC(C)OCCNC(=O)C1CN(c2c3c(nc4ccnn24)CCNCC3)C1. The largest absolute Gasteiger partial charge is 0.377 e. The molecule has 2 N–H and O–H groups in total. The Kier molecular flexibility index (Phi) is 5.27. The van der Waals surface area contributed by atoms with Crippen LogP contribution in [0.15, 0.2) is 12.3 Å². The zero-order valence-corrected chi connectivity index (χ0v) is 16.1. The molecular formula is C19H28N6O2. The van der Waals surface area contributed by atoms with Gasteiger partial charge in [-0.05, 0) is 26.8 Å². The maximum absolute atomic E-state index is 12.4. The van der Waals surface area contributed by atoms with E-state index in [1.54, 1.807) is 6.20 Å². The van der Waals surface area contributed by atoms with Gasteiger partial charge in [0, 0.05) is 44.2 Å². The molecule has 0 unspecified atom stereocenters. The third-order valence-electron chi connectivity index (χ3n) is 5.19. The number of carbonyl (C=O) groups excluding carboxylic acids is 1. The van der Waals surface area contributed by atoms with Gasteiger partial charge in [0.05, 0.1) is 30.5 Å². The summed E-state index contributed by atoms with van der Waals surface area (Å²) < 4.78 is 7.40. The number of ether oxygens (including phenoxy) is 1. The second kappa shape index (κ2) is 7.82. The van der Waals surface area contributed by atoms with E-state index in [9.17, 15) is 4.79 Å². The Morgan fingerprint density at radius 2 is 2.19 bits per heavy atom. The van der Waals surface area contributed by atoms with Crippen LogP contribution in [0.5, 0.6) is 0 Å². The van der Waals surface area contributed by atoms with Crippen molar-refractivity contribution in [2.45, 2.75) is 32.8 Å². The molecule has 2 aliphatic heterocycles. The lowest BCUT2D eigenvalue weighted by Gasteiger charge is -2.41. The van der Waals surface area contributed by atoms with Crippen molar-refractivity contribution in [1.82, 2.24) is 25.2 Å². The molecule has 1 amide bonds. The highest BCUT2D eigenvalue weighted by molar-refractivity contribution is 5.82. The number of hydrogen-bond donors (Lipinski definition) is 2. The summed E-state index contributed by atoms with van der Waals surface area (Å²) in [5.41, 5.74) is 3.30. The molecule has 0 radical (unpaired) electrons. The second-order valence-corrected chi connectivity index (χ2v) is 7.52. The van der Waals surface area contributed by atoms with Crippen LogP contribution in [0.4, 0.5) is 5.82 Å². The van der Waals surface area contributed by atoms with Crippen molar-refractivity contribution >= 4 is 17.4 Å². The van der Waals surface area contributed by atoms with E-state index in [2.05, 4.69) is 20.6 Å². The van der Waals surface area contributed by atoms with Crippen LogP contribution in [-0.2, 0) is 22.4 Å². The average Bonchev–Trinajstić information content (AvgIpc) is 2.93. The Bertz CT molecular complexity index is 812. The van der Waals surface area contributed by atoms with Crippen LogP contribution < -0.4 is 15.5 Å². The number of aromatic nitrogens is 3. The monoisotopic (exact) mass is 372 g/mol. The molecule has 8 heteroatoms. The van der Waals surface area contributed by atoms with Crippen molar-refractivity contribution < 1.29 is 9.53 Å². The molecule has 0 atom stereocenters. The second-order valence-electron chi connectivity index (χ2n) is 7.52. The Labute approximate surface area is 159 Å². The number of fused-ring (bicyclic) bond motifs is 2. The van der Waals surface area contributed by atoms with E-state index in [1.807, 2.05) is 24.4 Å². The predicted octanol–water partition coefficient (Wildman–Crippen LogP) is 0.395. The molecule has 8 nitrogen and oxygen atoms in total. The maximum atomic E-state index is 12.4. The summed E-state index contributed by atoms with van der Waals surface area (Å²) in [5, 5.41) is 10.9. The number of anilines is 1. The topological polar surface area (TPSA) is 83.8 Å². The first-order chi connectivity index (χ1) is 13.1. The molecule has 1 saturated heterocycles. The van der Waals surface area contributed by atoms with Gasteiger partial charge in [0.25, 0.3) is 0 Å². The van der Waals surface area contributed by atoms with Gasteiger partial charge in [-0.3, -0.25) is 4.79 Å². The molecule has 2 aromatic heterocycles. The molecule has 2 aromatic rings. The lowest BCUT2D eigenvalue weighted by Crippen LogP contribution is -2.55. The van der Waals surface area contributed by atoms with Gasteiger partial charge >= 0.3 is 0 Å². The van der Waals surface area contributed by atoms with Crippen LogP contribution in [-0.4, -0.2) is 65.9 Å². The highest BCUT2D eigenvalue weighted by Gasteiger charge is 2.36. The van der Waals surface area contributed by atoms with Crippen LogP contribution >= 0.6 is 0 Å². The molecule has 146 valence electrons. The summed E-state index contributed by atoms with van der Waals surface area (Å²) in [6, 6.07) is 1.95. The van der Waals surface area contributed by atoms with Gasteiger partial charge in [0.2, 0.25) is 5.91 Å². The Morgan fingerprint density at radius 1 is 1.37 bits per heavy atom. The Morgan fingerprint density at radius 3 is 3.00 bits per heavy atom. The smallest absolute Gasteiger partial charge is 0.226 e. The summed E-state index contributed by atoms with van der Waals surface area (Å²) in [4.78, 5) is 19.4. The molecule has 0 spiro atoms. The summed E-state index contributed by atoms with van der Waals surface area (Å²) in [6.07, 6.45) is 3.85. The lowest BCUT2D eigenvalue weighted by molar-refractivity contribution is -0.126. The molecule has 0 bridgehead atoms. The molecule has 27 heavy (non-hydrogen) atoms. The fourth-order valence-corrected chi connectivity index (χ4v) is 3.77. The normalized spacial score (nSPS) is 17.7. The van der Waals surface area contributed by atoms with Gasteiger partial charge in [0.15, 0.2) is 5.65 Å². The minimum atomic E-state index is 0.0161. The van der Waals surface area contributed by atoms with Crippen LogP contribution in [0.25, 0.3) is 5.65 Å². The Balaban J connectivity index is 1.44. The summed E-state index contributed by atoms with van der Waals surface area (Å²) in [6.45, 7) is 8.44. The van der Waals surface area contributed by atoms with Crippen molar-refractivity contribution in [1.29, 1.82) is 0 Å². The quantitative estimate of drug-likeness (QED) is 0.714. The molecule has 4 rings (SSSR count). The number of rotatable bonds is 6. The maximum Gasteiger partial charge on any atom is 0.226 e. The van der Waals surface area contributed by atoms with Gasteiger partial charge in [-0.25, -0.2) is 4.98 Å². The zero-order chi connectivity index (χ0) is 18.8. The number of carbonyl (C=O) groups is 1. The third-order valence-corrected chi connectivity index (χ3v) is 5.19. The van der Waals surface area contributed by atoms with Crippen LogP contribution in [0.3, 0.4) is 0 Å². The molecule has 0 saturated carbocycles. The van der Waals surface area contributed by atoms with Crippen molar-refractivity contribution in [3.05, 3.63) is 23.5 Å². The van der Waals surface area contributed by atoms with Gasteiger partial charge in [0.1, 0.15) is 5.82 Å². The highest BCUT2D eigenvalue weighted by Crippen LogP contribution is 2.31. The molecule has 4 heterocycles. The van der Waals surface area contributed by atoms with Gasteiger partial charge in [-0.2, -0.15) is 9.61 Å². The van der Waals surface area contributed by atoms with Crippen molar-refractivity contribution in [3.63, 3.8) is 0 Å². The number of nitrogens with zero attached hydrogens (tertiary/aromatic N) is 4. The molecule has 2 aliphatic rings. The van der Waals surface area contributed by atoms with Crippen LogP contribution in [0.2, 0.25) is 0 Å². The minimum absolute atomic E-state index is 0.0161. The Hall–Kier alpha value is -2.19. The van der Waals surface area contributed by atoms with Crippen LogP contribution in [0, 0.1) is 5.92 Å². The molecule has 0 aliphatic carbocycles. The summed E-state index contributed by atoms with van der Waals surface area (Å²) >= 11 is 0. The number of hydrogen-bond acceptors (Lipinski definition) is 6. The fourth-order valence-electron chi connectivity index (χ4n) is 3.77. The van der Waals surface area contributed by atoms with E-state index >= 15 is 0 Å². The van der Waals surface area contributed by atoms with Gasteiger partial charge < -0.3 is 20.3 Å². The van der Waals surface area contributed by atoms with E-state index in [0.717, 1.165) is 56.2 Å². The summed E-state index contributed by atoms with van der Waals surface area (Å²) in [7, 11) is 0. The van der Waals surface area contributed by atoms with E-state index in [4.69, 9.17) is 9.72 Å². The van der Waals surface area contributed by atoms with Crippen molar-refractivity contribution in [2.24, 2.45) is 5.92 Å². The van der Waals surface area contributed by atoms with Gasteiger partial charge in [-0.15, -0.1) is 0 Å². The first-order valence-corrected chi connectivity index (χ1v) is 9.84. The number of amides is 1. The van der Waals surface area contributed by atoms with Gasteiger partial charge in [-0.1, -0.05) is 0 Å². The average molecular weight is 372 g/mol. The molecule has 1 fully saturated rings. The molecular weight excluding hydrogens is 344 g/mol. The first-order valence-electron chi connectivity index (χ1n) is 9.84. The lowest BCUT2D eigenvalue weighted by atomic mass is 9.97. The minimum Gasteiger partial charge on any atom is -0.377 e. The van der Waals surface area contributed by atoms with Crippen molar-refractivity contribution in [3.8, 4) is 0 Å². The van der Waals surface area contributed by atoms with Crippen molar-refractivity contribution in [2.75, 3.05) is 44.2 Å². The standard InChI is InChI=1S/C19H28N6O2/c1-13(2)27-10-9-21-18(26)14-11-24(12-14)19-15-3-6-20-7-4-16(15)23-17-5-8-22-25(17)19/h5,8,13-14,20H,3-4,6-7,9-12H2,1-2H3,(H,21,26).